The van der Waals surface area contributed by atoms with Gasteiger partial charge in [0.1, 0.15) is 0 Å². The summed E-state index contributed by atoms with van der Waals surface area (Å²) in [6.07, 6.45) is 5.97. The zero-order valence-corrected chi connectivity index (χ0v) is 13.5. The Hall–Kier alpha value is -0.610. The number of hydrogen-bond donors (Lipinski definition) is 2. The molecule has 0 aliphatic carbocycles. The fourth-order valence-corrected chi connectivity index (χ4v) is 2.98. The number of hydrogen-bond acceptors (Lipinski definition) is 3. The van der Waals surface area contributed by atoms with Gasteiger partial charge >= 0.3 is 0 Å². The van der Waals surface area contributed by atoms with E-state index in [4.69, 9.17) is 5.73 Å². The molecular formula is C16H33N3O. The Morgan fingerprint density at radius 3 is 2.45 bits per heavy atom. The topological polar surface area (TPSA) is 58.4 Å². The highest BCUT2D eigenvalue weighted by Gasteiger charge is 2.22. The van der Waals surface area contributed by atoms with Crippen molar-refractivity contribution in [3.63, 3.8) is 0 Å². The third kappa shape index (κ3) is 6.23. The molecule has 0 aromatic heterocycles. The molecule has 1 fully saturated rings. The Morgan fingerprint density at radius 1 is 1.30 bits per heavy atom. The van der Waals surface area contributed by atoms with Crippen LogP contribution in [0.5, 0.6) is 0 Å². The molecular weight excluding hydrogens is 250 g/mol. The molecule has 0 spiro atoms. The molecule has 1 aliphatic rings. The highest BCUT2D eigenvalue weighted by molar-refractivity contribution is 5.76. The Balaban J connectivity index is 2.20. The molecule has 0 aromatic rings. The monoisotopic (exact) mass is 283 g/mol. The zero-order valence-electron chi connectivity index (χ0n) is 13.5. The van der Waals surface area contributed by atoms with E-state index in [9.17, 15) is 4.79 Å². The SMILES string of the molecule is CCC(CCN)CCC(=O)NC1CCN(C(C)C)CC1. The van der Waals surface area contributed by atoms with Crippen LogP contribution >= 0.6 is 0 Å². The fourth-order valence-electron chi connectivity index (χ4n) is 2.98. The van der Waals surface area contributed by atoms with Crippen LogP contribution in [0.4, 0.5) is 0 Å². The molecule has 1 atom stereocenters. The standard InChI is InChI=1S/C16H33N3O/c1-4-14(7-10-17)5-6-16(20)18-15-8-11-19(12-9-15)13(2)3/h13-15H,4-12,17H2,1-3H3,(H,18,20). The maximum Gasteiger partial charge on any atom is 0.220 e. The van der Waals surface area contributed by atoms with Crippen LogP contribution in [0, 0.1) is 5.92 Å². The van der Waals surface area contributed by atoms with E-state index >= 15 is 0 Å². The van der Waals surface area contributed by atoms with Gasteiger partial charge in [-0.25, -0.2) is 0 Å². The van der Waals surface area contributed by atoms with Crippen molar-refractivity contribution in [3.05, 3.63) is 0 Å². The summed E-state index contributed by atoms with van der Waals surface area (Å²) in [5.41, 5.74) is 5.59. The van der Waals surface area contributed by atoms with Crippen LogP contribution in [0.2, 0.25) is 0 Å². The molecule has 0 saturated carbocycles. The van der Waals surface area contributed by atoms with Gasteiger partial charge in [-0.15, -0.1) is 0 Å². The second-order valence-electron chi connectivity index (χ2n) is 6.36. The summed E-state index contributed by atoms with van der Waals surface area (Å²) < 4.78 is 0. The minimum absolute atomic E-state index is 0.225. The van der Waals surface area contributed by atoms with Crippen LogP contribution in [0.15, 0.2) is 0 Å². The van der Waals surface area contributed by atoms with Crippen molar-refractivity contribution >= 4 is 5.91 Å². The van der Waals surface area contributed by atoms with Crippen LogP contribution in [-0.4, -0.2) is 42.5 Å². The first-order valence-electron chi connectivity index (χ1n) is 8.30. The first-order chi connectivity index (χ1) is 9.56. The third-order valence-corrected chi connectivity index (χ3v) is 4.56. The number of amides is 1. The largest absolute Gasteiger partial charge is 0.353 e. The van der Waals surface area contributed by atoms with E-state index in [0.29, 0.717) is 24.4 Å². The Labute approximate surface area is 124 Å². The minimum atomic E-state index is 0.225. The van der Waals surface area contributed by atoms with Gasteiger partial charge in [0.15, 0.2) is 0 Å². The van der Waals surface area contributed by atoms with Gasteiger partial charge in [-0.2, -0.15) is 0 Å². The van der Waals surface area contributed by atoms with E-state index in [-0.39, 0.29) is 5.91 Å². The van der Waals surface area contributed by atoms with Gasteiger partial charge in [-0.05, 0) is 52.0 Å². The quantitative estimate of drug-likeness (QED) is 0.717. The molecule has 3 N–H and O–H groups in total. The number of piperidine rings is 1. The summed E-state index contributed by atoms with van der Waals surface area (Å²) in [6, 6.07) is 1.00. The van der Waals surface area contributed by atoms with Crippen molar-refractivity contribution in [2.45, 2.75) is 71.4 Å². The molecule has 0 radical (unpaired) electrons. The van der Waals surface area contributed by atoms with Crippen molar-refractivity contribution in [1.82, 2.24) is 10.2 Å². The first-order valence-corrected chi connectivity index (χ1v) is 8.30. The maximum atomic E-state index is 12.0. The van der Waals surface area contributed by atoms with E-state index in [1.807, 2.05) is 0 Å². The van der Waals surface area contributed by atoms with Gasteiger partial charge in [0.25, 0.3) is 0 Å². The molecule has 0 aromatic carbocycles. The summed E-state index contributed by atoms with van der Waals surface area (Å²) in [6.45, 7) is 9.59. The van der Waals surface area contributed by atoms with E-state index in [0.717, 1.165) is 51.7 Å². The van der Waals surface area contributed by atoms with Gasteiger partial charge in [0.2, 0.25) is 5.91 Å². The molecule has 1 unspecified atom stereocenters. The number of nitrogens with zero attached hydrogens (tertiary/aromatic N) is 1. The lowest BCUT2D eigenvalue weighted by atomic mass is 9.96. The van der Waals surface area contributed by atoms with E-state index in [2.05, 4.69) is 31.0 Å². The molecule has 4 heteroatoms. The smallest absolute Gasteiger partial charge is 0.220 e. The normalized spacial score (nSPS) is 19.2. The minimum Gasteiger partial charge on any atom is -0.353 e. The Bertz CT molecular complexity index is 273. The van der Waals surface area contributed by atoms with Gasteiger partial charge in [0, 0.05) is 31.6 Å². The summed E-state index contributed by atoms with van der Waals surface area (Å²) in [5.74, 6) is 0.831. The molecule has 20 heavy (non-hydrogen) atoms. The average molecular weight is 283 g/mol. The summed E-state index contributed by atoms with van der Waals surface area (Å²) in [4.78, 5) is 14.5. The first kappa shape index (κ1) is 17.4. The molecule has 1 rings (SSSR count). The predicted molar refractivity (Wildman–Crippen MR) is 84.6 cm³/mol. The molecule has 0 bridgehead atoms. The molecule has 1 saturated heterocycles. The Kier molecular flexibility index (Phi) is 8.15. The van der Waals surface area contributed by atoms with Crippen molar-refractivity contribution in [3.8, 4) is 0 Å². The van der Waals surface area contributed by atoms with Gasteiger partial charge in [-0.1, -0.05) is 13.3 Å². The number of likely N-dealkylation sites (tertiary alicyclic amines) is 1. The maximum absolute atomic E-state index is 12.0. The van der Waals surface area contributed by atoms with Crippen LogP contribution in [0.1, 0.15) is 59.3 Å². The number of rotatable bonds is 8. The van der Waals surface area contributed by atoms with Crippen molar-refractivity contribution in [1.29, 1.82) is 0 Å². The second kappa shape index (κ2) is 9.35. The van der Waals surface area contributed by atoms with Crippen LogP contribution in [0.3, 0.4) is 0 Å². The van der Waals surface area contributed by atoms with Crippen molar-refractivity contribution in [2.24, 2.45) is 11.7 Å². The highest BCUT2D eigenvalue weighted by Crippen LogP contribution is 2.16. The molecule has 1 aliphatic heterocycles. The van der Waals surface area contributed by atoms with Gasteiger partial charge in [-0.3, -0.25) is 4.79 Å². The summed E-state index contributed by atoms with van der Waals surface area (Å²) in [7, 11) is 0. The second-order valence-corrected chi connectivity index (χ2v) is 6.36. The highest BCUT2D eigenvalue weighted by atomic mass is 16.1. The number of nitrogens with two attached hydrogens (primary N) is 1. The van der Waals surface area contributed by atoms with Crippen molar-refractivity contribution in [2.75, 3.05) is 19.6 Å². The zero-order chi connectivity index (χ0) is 15.0. The van der Waals surface area contributed by atoms with Gasteiger partial charge in [0.05, 0.1) is 0 Å². The van der Waals surface area contributed by atoms with Crippen LogP contribution < -0.4 is 11.1 Å². The van der Waals surface area contributed by atoms with Crippen LogP contribution in [-0.2, 0) is 4.79 Å². The molecule has 4 nitrogen and oxygen atoms in total. The van der Waals surface area contributed by atoms with E-state index in [1.54, 1.807) is 0 Å². The van der Waals surface area contributed by atoms with E-state index < -0.39 is 0 Å². The lowest BCUT2D eigenvalue weighted by Crippen LogP contribution is -2.46. The fraction of sp³-hybridized carbons (Fsp3) is 0.938. The number of nitrogens with one attached hydrogen (secondary N) is 1. The lowest BCUT2D eigenvalue weighted by Gasteiger charge is -2.34. The number of carbonyl (C=O) groups excluding carboxylic acids is 1. The summed E-state index contributed by atoms with van der Waals surface area (Å²) >= 11 is 0. The summed E-state index contributed by atoms with van der Waals surface area (Å²) in [5, 5.41) is 3.20. The van der Waals surface area contributed by atoms with E-state index in [1.165, 1.54) is 0 Å². The van der Waals surface area contributed by atoms with Gasteiger partial charge < -0.3 is 16.0 Å². The third-order valence-electron chi connectivity index (χ3n) is 4.56. The molecule has 118 valence electrons. The molecule has 1 amide bonds. The lowest BCUT2D eigenvalue weighted by molar-refractivity contribution is -0.122. The average Bonchev–Trinajstić information content (AvgIpc) is 2.44. The predicted octanol–water partition coefficient (Wildman–Crippen LogP) is 2.13. The molecule has 1 heterocycles. The van der Waals surface area contributed by atoms with Crippen LogP contribution in [0.25, 0.3) is 0 Å². The van der Waals surface area contributed by atoms with Crippen molar-refractivity contribution < 1.29 is 4.79 Å². The number of carbonyl (C=O) groups is 1. The Morgan fingerprint density at radius 2 is 1.95 bits per heavy atom.